The summed E-state index contributed by atoms with van der Waals surface area (Å²) in [7, 11) is 1.91. The van der Waals surface area contributed by atoms with Gasteiger partial charge in [-0.2, -0.15) is 0 Å². The number of rotatable bonds is 11. The Morgan fingerprint density at radius 3 is 2.48 bits per heavy atom. The second-order valence-electron chi connectivity index (χ2n) is 6.93. The van der Waals surface area contributed by atoms with Crippen LogP contribution < -0.4 is 10.6 Å². The molecule has 0 saturated carbocycles. The minimum Gasteiger partial charge on any atom is -0.507 e. The van der Waals surface area contributed by atoms with Crippen molar-refractivity contribution in [1.82, 2.24) is 10.6 Å². The summed E-state index contributed by atoms with van der Waals surface area (Å²) in [6.07, 6.45) is 3.84. The number of aromatic hydroxyl groups is 1. The molecule has 7 heteroatoms. The van der Waals surface area contributed by atoms with E-state index in [1.54, 1.807) is 24.3 Å². The number of carbonyl (C=O) groups excluding carboxylic acids is 1. The van der Waals surface area contributed by atoms with E-state index < -0.39 is 17.9 Å². The van der Waals surface area contributed by atoms with Gasteiger partial charge < -0.3 is 20.8 Å². The van der Waals surface area contributed by atoms with Gasteiger partial charge in [0.15, 0.2) is 0 Å². The minimum absolute atomic E-state index is 0.0340. The highest BCUT2D eigenvalue weighted by Gasteiger charge is 2.23. The maximum absolute atomic E-state index is 12.6. The molecule has 2 rings (SSSR count). The van der Waals surface area contributed by atoms with Crippen molar-refractivity contribution in [3.8, 4) is 5.75 Å². The average Bonchev–Trinajstić information content (AvgIpc) is 2.70. The number of hydrogen-bond acceptors (Lipinski definition) is 4. The molecule has 0 saturated heterocycles. The zero-order valence-electron chi connectivity index (χ0n) is 16.5. The Kier molecular flexibility index (Phi) is 8.96. The second-order valence-corrected chi connectivity index (χ2v) is 7.34. The van der Waals surface area contributed by atoms with Crippen molar-refractivity contribution in [1.29, 1.82) is 0 Å². The van der Waals surface area contributed by atoms with Crippen molar-refractivity contribution in [3.63, 3.8) is 0 Å². The van der Waals surface area contributed by atoms with Crippen LogP contribution in [0.3, 0.4) is 0 Å². The van der Waals surface area contributed by atoms with E-state index in [9.17, 15) is 19.8 Å². The quantitative estimate of drug-likeness (QED) is 0.419. The monoisotopic (exact) mass is 418 g/mol. The molecule has 4 N–H and O–H groups in total. The zero-order valence-corrected chi connectivity index (χ0v) is 17.2. The van der Waals surface area contributed by atoms with E-state index in [1.165, 1.54) is 12.1 Å². The van der Waals surface area contributed by atoms with E-state index in [4.69, 9.17) is 11.6 Å². The Bertz CT molecular complexity index is 827. The van der Waals surface area contributed by atoms with Gasteiger partial charge in [-0.3, -0.25) is 4.79 Å². The minimum atomic E-state index is -1.15. The Morgan fingerprint density at radius 1 is 1.10 bits per heavy atom. The highest BCUT2D eigenvalue weighted by Crippen LogP contribution is 2.28. The summed E-state index contributed by atoms with van der Waals surface area (Å²) in [5.74, 6) is -2.03. The maximum Gasteiger partial charge on any atom is 0.326 e. The summed E-state index contributed by atoms with van der Waals surface area (Å²) in [4.78, 5) is 24.1. The van der Waals surface area contributed by atoms with Crippen LogP contribution >= 0.6 is 11.6 Å². The Hall–Kier alpha value is -2.57. The fourth-order valence-electron chi connectivity index (χ4n) is 3.06. The Morgan fingerprint density at radius 2 is 1.83 bits per heavy atom. The van der Waals surface area contributed by atoms with Gasteiger partial charge in [0, 0.05) is 11.4 Å². The van der Waals surface area contributed by atoms with E-state index >= 15 is 0 Å². The van der Waals surface area contributed by atoms with E-state index in [0.717, 1.165) is 36.9 Å². The Labute approximate surface area is 175 Å². The van der Waals surface area contributed by atoms with E-state index in [0.29, 0.717) is 11.4 Å². The standard InChI is InChI=1S/C22H27ClN2O4/c1-24-11-7-3-6-10-16-13-20(26)17(14-18(16)23)21(27)25-19(22(28)29)12-15-8-4-2-5-9-15/h2,4-5,8-9,13-14,19,24,26H,3,6-7,10-12H2,1H3,(H,25,27)(H,28,29)/t19-/m0/s1. The smallest absolute Gasteiger partial charge is 0.326 e. The third-order valence-electron chi connectivity index (χ3n) is 4.67. The van der Waals surface area contributed by atoms with Crippen molar-refractivity contribution in [2.75, 3.05) is 13.6 Å². The van der Waals surface area contributed by atoms with Gasteiger partial charge in [-0.05, 0) is 56.1 Å². The lowest BCUT2D eigenvalue weighted by Crippen LogP contribution is -2.42. The van der Waals surface area contributed by atoms with Crippen LogP contribution in [-0.2, 0) is 17.6 Å². The lowest BCUT2D eigenvalue weighted by molar-refractivity contribution is -0.139. The first kappa shape index (κ1) is 22.7. The molecule has 6 nitrogen and oxygen atoms in total. The molecular formula is C22H27ClN2O4. The first-order chi connectivity index (χ1) is 13.9. The summed E-state index contributed by atoms with van der Waals surface area (Å²) in [6.45, 7) is 0.950. The molecule has 0 aliphatic carbocycles. The predicted octanol–water partition coefficient (Wildman–Crippen LogP) is 3.40. The van der Waals surface area contributed by atoms with Gasteiger partial charge in [-0.15, -0.1) is 0 Å². The first-order valence-electron chi connectivity index (χ1n) is 9.66. The molecule has 29 heavy (non-hydrogen) atoms. The van der Waals surface area contributed by atoms with Crippen LogP contribution in [0.2, 0.25) is 5.02 Å². The van der Waals surface area contributed by atoms with Gasteiger partial charge in [0.25, 0.3) is 5.91 Å². The number of nitrogens with one attached hydrogen (secondary N) is 2. The summed E-state index contributed by atoms with van der Waals surface area (Å²) in [6, 6.07) is 10.8. The van der Waals surface area contributed by atoms with E-state index in [-0.39, 0.29) is 17.7 Å². The van der Waals surface area contributed by atoms with Crippen molar-refractivity contribution < 1.29 is 19.8 Å². The van der Waals surface area contributed by atoms with Gasteiger partial charge >= 0.3 is 5.97 Å². The highest BCUT2D eigenvalue weighted by atomic mass is 35.5. The Balaban J connectivity index is 2.05. The summed E-state index contributed by atoms with van der Waals surface area (Å²) in [5.41, 5.74) is 1.52. The fourth-order valence-corrected chi connectivity index (χ4v) is 3.32. The molecule has 0 heterocycles. The predicted molar refractivity (Wildman–Crippen MR) is 114 cm³/mol. The molecule has 156 valence electrons. The number of aryl methyl sites for hydroxylation is 1. The van der Waals surface area contributed by atoms with Crippen molar-refractivity contribution >= 4 is 23.5 Å². The second kappa shape index (κ2) is 11.4. The van der Waals surface area contributed by atoms with Crippen LogP contribution in [0.5, 0.6) is 5.75 Å². The van der Waals surface area contributed by atoms with Gasteiger partial charge in [-0.1, -0.05) is 48.4 Å². The lowest BCUT2D eigenvalue weighted by atomic mass is 10.0. The van der Waals surface area contributed by atoms with Crippen LogP contribution in [-0.4, -0.2) is 41.7 Å². The SMILES string of the molecule is CNCCCCCc1cc(O)c(C(=O)N[C@@H](Cc2ccccc2)C(=O)O)cc1Cl. The van der Waals surface area contributed by atoms with Crippen LogP contribution in [0.25, 0.3) is 0 Å². The number of amides is 1. The van der Waals surface area contributed by atoms with Crippen LogP contribution in [0.4, 0.5) is 0 Å². The molecule has 1 atom stereocenters. The largest absolute Gasteiger partial charge is 0.507 e. The molecular weight excluding hydrogens is 392 g/mol. The molecule has 0 fully saturated rings. The fraction of sp³-hybridized carbons (Fsp3) is 0.364. The van der Waals surface area contributed by atoms with Gasteiger partial charge in [0.2, 0.25) is 0 Å². The number of halogens is 1. The number of carboxylic acid groups (broad SMARTS) is 1. The molecule has 0 aliphatic rings. The average molecular weight is 419 g/mol. The molecule has 0 unspecified atom stereocenters. The summed E-state index contributed by atoms with van der Waals surface area (Å²) >= 11 is 6.29. The number of unbranched alkanes of at least 4 members (excludes halogenated alkanes) is 2. The number of phenolic OH excluding ortho intramolecular Hbond substituents is 1. The number of phenols is 1. The number of aliphatic carboxylic acids is 1. The van der Waals surface area contributed by atoms with Crippen molar-refractivity contribution in [2.24, 2.45) is 0 Å². The zero-order chi connectivity index (χ0) is 21.2. The topological polar surface area (TPSA) is 98.7 Å². The summed E-state index contributed by atoms with van der Waals surface area (Å²) < 4.78 is 0. The molecule has 0 bridgehead atoms. The highest BCUT2D eigenvalue weighted by molar-refractivity contribution is 6.31. The van der Waals surface area contributed by atoms with E-state index in [2.05, 4.69) is 10.6 Å². The van der Waals surface area contributed by atoms with Crippen molar-refractivity contribution in [2.45, 2.75) is 38.1 Å². The number of carboxylic acids is 1. The maximum atomic E-state index is 12.6. The van der Waals surface area contributed by atoms with Crippen LogP contribution in [0.1, 0.15) is 40.7 Å². The van der Waals surface area contributed by atoms with Crippen LogP contribution in [0.15, 0.2) is 42.5 Å². The molecule has 0 aromatic heterocycles. The first-order valence-corrected chi connectivity index (χ1v) is 10.0. The van der Waals surface area contributed by atoms with E-state index in [1.807, 2.05) is 13.1 Å². The molecule has 2 aromatic rings. The summed E-state index contributed by atoms with van der Waals surface area (Å²) in [5, 5.41) is 25.7. The molecule has 0 spiro atoms. The third-order valence-corrected chi connectivity index (χ3v) is 5.02. The third kappa shape index (κ3) is 7.07. The molecule has 1 amide bonds. The number of carbonyl (C=O) groups is 2. The number of hydrogen-bond donors (Lipinski definition) is 4. The van der Waals surface area contributed by atoms with Gasteiger partial charge in [0.1, 0.15) is 11.8 Å². The van der Waals surface area contributed by atoms with Gasteiger partial charge in [-0.25, -0.2) is 4.79 Å². The normalized spacial score (nSPS) is 11.8. The van der Waals surface area contributed by atoms with Gasteiger partial charge in [0.05, 0.1) is 5.56 Å². The molecule has 0 radical (unpaired) electrons. The van der Waals surface area contributed by atoms with Crippen LogP contribution in [0, 0.1) is 0 Å². The van der Waals surface area contributed by atoms with Crippen molar-refractivity contribution in [3.05, 3.63) is 64.2 Å². The molecule has 2 aromatic carbocycles. The lowest BCUT2D eigenvalue weighted by Gasteiger charge is -2.16. The number of benzene rings is 2. The molecule has 0 aliphatic heterocycles.